The van der Waals surface area contributed by atoms with Gasteiger partial charge in [-0.25, -0.2) is 0 Å². The van der Waals surface area contributed by atoms with Gasteiger partial charge < -0.3 is 15.1 Å². The lowest BCUT2D eigenvalue weighted by Crippen LogP contribution is -2.48. The highest BCUT2D eigenvalue weighted by Crippen LogP contribution is 2.10. The van der Waals surface area contributed by atoms with E-state index in [1.165, 1.54) is 38.8 Å². The molecule has 0 radical (unpaired) electrons. The molecule has 0 aliphatic carbocycles. The molecule has 2 aliphatic heterocycles. The molecular weight excluding hydrogens is 214 g/mol. The molecule has 2 rings (SSSR count). The molecule has 2 aliphatic rings. The molecule has 98 valence electrons. The van der Waals surface area contributed by atoms with Crippen molar-refractivity contribution in [2.45, 2.75) is 38.1 Å². The smallest absolute Gasteiger partial charge is 0.239 e. The maximum atomic E-state index is 12.1. The van der Waals surface area contributed by atoms with Gasteiger partial charge in [0.15, 0.2) is 0 Å². The third-order valence-electron chi connectivity index (χ3n) is 3.93. The van der Waals surface area contributed by atoms with Gasteiger partial charge in [0.1, 0.15) is 0 Å². The van der Waals surface area contributed by atoms with E-state index in [1.807, 2.05) is 11.9 Å². The Hall–Kier alpha value is -0.610. The SMILES string of the molecule is CN(CCN1CCCC1)C(=O)[C@H]1CCCCN1. The lowest BCUT2D eigenvalue weighted by atomic mass is 10.0. The van der Waals surface area contributed by atoms with Gasteiger partial charge in [-0.05, 0) is 45.3 Å². The summed E-state index contributed by atoms with van der Waals surface area (Å²) >= 11 is 0. The van der Waals surface area contributed by atoms with E-state index in [4.69, 9.17) is 0 Å². The molecule has 17 heavy (non-hydrogen) atoms. The number of likely N-dealkylation sites (tertiary alicyclic amines) is 1. The monoisotopic (exact) mass is 239 g/mol. The van der Waals surface area contributed by atoms with Crippen LogP contribution in [0.25, 0.3) is 0 Å². The summed E-state index contributed by atoms with van der Waals surface area (Å²) in [7, 11) is 1.94. The average molecular weight is 239 g/mol. The lowest BCUT2D eigenvalue weighted by molar-refractivity contribution is -0.132. The maximum absolute atomic E-state index is 12.1. The van der Waals surface area contributed by atoms with E-state index >= 15 is 0 Å². The summed E-state index contributed by atoms with van der Waals surface area (Å²) in [5, 5.41) is 3.32. The van der Waals surface area contributed by atoms with Gasteiger partial charge in [0, 0.05) is 20.1 Å². The molecule has 1 N–H and O–H groups in total. The minimum atomic E-state index is 0.0762. The first-order chi connectivity index (χ1) is 8.27. The number of amides is 1. The van der Waals surface area contributed by atoms with E-state index in [0.717, 1.165) is 26.1 Å². The highest BCUT2D eigenvalue weighted by atomic mass is 16.2. The summed E-state index contributed by atoms with van der Waals surface area (Å²) in [4.78, 5) is 16.5. The number of nitrogens with one attached hydrogen (secondary N) is 1. The summed E-state index contributed by atoms with van der Waals surface area (Å²) in [5.74, 6) is 0.281. The Bertz CT molecular complexity index is 245. The molecule has 1 atom stereocenters. The molecule has 0 spiro atoms. The van der Waals surface area contributed by atoms with Crippen LogP contribution in [0.1, 0.15) is 32.1 Å². The fourth-order valence-corrected chi connectivity index (χ4v) is 2.74. The van der Waals surface area contributed by atoms with Crippen LogP contribution in [-0.4, -0.2) is 61.5 Å². The second-order valence-electron chi connectivity index (χ2n) is 5.31. The van der Waals surface area contributed by atoms with Crippen molar-refractivity contribution in [2.24, 2.45) is 0 Å². The van der Waals surface area contributed by atoms with Crippen LogP contribution >= 0.6 is 0 Å². The van der Waals surface area contributed by atoms with Crippen molar-refractivity contribution < 1.29 is 4.79 Å². The molecular formula is C13H25N3O. The topological polar surface area (TPSA) is 35.6 Å². The fourth-order valence-electron chi connectivity index (χ4n) is 2.74. The van der Waals surface area contributed by atoms with Crippen LogP contribution in [0.5, 0.6) is 0 Å². The van der Waals surface area contributed by atoms with Crippen LogP contribution in [0.2, 0.25) is 0 Å². The minimum absolute atomic E-state index is 0.0762. The van der Waals surface area contributed by atoms with Gasteiger partial charge in [-0.3, -0.25) is 4.79 Å². The predicted molar refractivity (Wildman–Crippen MR) is 69.0 cm³/mol. The zero-order valence-electron chi connectivity index (χ0n) is 11.0. The Morgan fingerprint density at radius 3 is 2.71 bits per heavy atom. The zero-order chi connectivity index (χ0) is 12.1. The number of hydrogen-bond acceptors (Lipinski definition) is 3. The molecule has 0 aromatic rings. The Kier molecular flexibility index (Phi) is 4.80. The molecule has 4 heteroatoms. The van der Waals surface area contributed by atoms with Crippen molar-refractivity contribution in [3.8, 4) is 0 Å². The summed E-state index contributed by atoms with van der Waals surface area (Å²) in [6.45, 7) is 5.33. The summed E-state index contributed by atoms with van der Waals surface area (Å²) in [6.07, 6.45) is 6.04. The van der Waals surface area contributed by atoms with Crippen molar-refractivity contribution in [2.75, 3.05) is 39.8 Å². The number of likely N-dealkylation sites (N-methyl/N-ethyl adjacent to an activating group) is 1. The van der Waals surface area contributed by atoms with Gasteiger partial charge in [-0.1, -0.05) is 6.42 Å². The van der Waals surface area contributed by atoms with Crippen LogP contribution < -0.4 is 5.32 Å². The van der Waals surface area contributed by atoms with Crippen LogP contribution in [0.4, 0.5) is 0 Å². The molecule has 2 fully saturated rings. The Morgan fingerprint density at radius 1 is 1.29 bits per heavy atom. The molecule has 0 bridgehead atoms. The van der Waals surface area contributed by atoms with Crippen LogP contribution in [0.15, 0.2) is 0 Å². The number of piperidine rings is 1. The summed E-state index contributed by atoms with van der Waals surface area (Å²) in [5.41, 5.74) is 0. The molecule has 2 saturated heterocycles. The molecule has 0 aromatic heterocycles. The van der Waals surface area contributed by atoms with Gasteiger partial charge in [0.25, 0.3) is 0 Å². The Labute approximate surface area is 104 Å². The summed E-state index contributed by atoms with van der Waals surface area (Å²) < 4.78 is 0. The number of hydrogen-bond donors (Lipinski definition) is 1. The van der Waals surface area contributed by atoms with Crippen LogP contribution in [0.3, 0.4) is 0 Å². The number of carbonyl (C=O) groups excluding carboxylic acids is 1. The van der Waals surface area contributed by atoms with Gasteiger partial charge in [0.2, 0.25) is 5.91 Å². The van der Waals surface area contributed by atoms with Crippen molar-refractivity contribution in [1.29, 1.82) is 0 Å². The molecule has 0 saturated carbocycles. The van der Waals surface area contributed by atoms with Crippen molar-refractivity contribution in [3.05, 3.63) is 0 Å². The maximum Gasteiger partial charge on any atom is 0.239 e. The third kappa shape index (κ3) is 3.68. The predicted octanol–water partition coefficient (Wildman–Crippen LogP) is 0.683. The first-order valence-electron chi connectivity index (χ1n) is 6.98. The lowest BCUT2D eigenvalue weighted by Gasteiger charge is -2.28. The highest BCUT2D eigenvalue weighted by molar-refractivity contribution is 5.81. The van der Waals surface area contributed by atoms with E-state index in [1.54, 1.807) is 0 Å². The average Bonchev–Trinajstić information content (AvgIpc) is 2.89. The van der Waals surface area contributed by atoms with E-state index in [-0.39, 0.29) is 11.9 Å². The van der Waals surface area contributed by atoms with E-state index < -0.39 is 0 Å². The number of carbonyl (C=O) groups is 1. The van der Waals surface area contributed by atoms with E-state index in [2.05, 4.69) is 10.2 Å². The fraction of sp³-hybridized carbons (Fsp3) is 0.923. The van der Waals surface area contributed by atoms with Gasteiger partial charge in [0.05, 0.1) is 6.04 Å². The van der Waals surface area contributed by atoms with Crippen molar-refractivity contribution in [3.63, 3.8) is 0 Å². The van der Waals surface area contributed by atoms with Gasteiger partial charge in [-0.15, -0.1) is 0 Å². The van der Waals surface area contributed by atoms with Crippen LogP contribution in [0, 0.1) is 0 Å². The second kappa shape index (κ2) is 6.36. The van der Waals surface area contributed by atoms with Gasteiger partial charge in [-0.2, -0.15) is 0 Å². The van der Waals surface area contributed by atoms with Crippen molar-refractivity contribution >= 4 is 5.91 Å². The van der Waals surface area contributed by atoms with E-state index in [9.17, 15) is 4.79 Å². The van der Waals surface area contributed by atoms with Crippen LogP contribution in [-0.2, 0) is 4.79 Å². The Morgan fingerprint density at radius 2 is 2.06 bits per heavy atom. The first kappa shape index (κ1) is 12.8. The quantitative estimate of drug-likeness (QED) is 0.784. The molecule has 1 amide bonds. The zero-order valence-corrected chi connectivity index (χ0v) is 11.0. The standard InChI is InChI=1S/C13H25N3O/c1-15(10-11-16-8-4-5-9-16)13(17)12-6-2-3-7-14-12/h12,14H,2-11H2,1H3/t12-/m1/s1. The third-order valence-corrected chi connectivity index (χ3v) is 3.93. The minimum Gasteiger partial charge on any atom is -0.343 e. The van der Waals surface area contributed by atoms with Crippen molar-refractivity contribution in [1.82, 2.24) is 15.1 Å². The molecule has 4 nitrogen and oxygen atoms in total. The van der Waals surface area contributed by atoms with E-state index in [0.29, 0.717) is 0 Å². The second-order valence-corrected chi connectivity index (χ2v) is 5.31. The number of rotatable bonds is 4. The molecule has 0 aromatic carbocycles. The largest absolute Gasteiger partial charge is 0.343 e. The molecule has 2 heterocycles. The number of nitrogens with zero attached hydrogens (tertiary/aromatic N) is 2. The molecule has 0 unspecified atom stereocenters. The summed E-state index contributed by atoms with van der Waals surface area (Å²) in [6, 6.07) is 0.0762. The Balaban J connectivity index is 1.70. The van der Waals surface area contributed by atoms with Gasteiger partial charge >= 0.3 is 0 Å². The normalized spacial score (nSPS) is 26.1. The highest BCUT2D eigenvalue weighted by Gasteiger charge is 2.23. The first-order valence-corrected chi connectivity index (χ1v) is 6.98.